The van der Waals surface area contributed by atoms with E-state index in [-0.39, 0.29) is 23.9 Å². The zero-order chi connectivity index (χ0) is 24.1. The number of aromatic nitrogens is 4. The molecule has 34 heavy (non-hydrogen) atoms. The molecule has 0 saturated heterocycles. The maximum atomic E-state index is 12.9. The highest BCUT2D eigenvalue weighted by Gasteiger charge is 2.21. The van der Waals surface area contributed by atoms with E-state index in [1.807, 2.05) is 61.5 Å². The van der Waals surface area contributed by atoms with Crippen molar-refractivity contribution >= 4 is 21.6 Å². The third-order valence-electron chi connectivity index (χ3n) is 5.14. The van der Waals surface area contributed by atoms with Crippen LogP contribution in [0.4, 0.5) is 5.69 Å². The van der Waals surface area contributed by atoms with Gasteiger partial charge in [0.05, 0.1) is 4.90 Å². The average Bonchev–Trinajstić information content (AvgIpc) is 3.28. The summed E-state index contributed by atoms with van der Waals surface area (Å²) >= 11 is 0. The molecule has 0 aliphatic rings. The molecule has 1 N–H and O–H groups in total. The second-order valence-corrected chi connectivity index (χ2v) is 9.87. The maximum absolute atomic E-state index is 12.9. The Bertz CT molecular complexity index is 1370. The number of aryl methyl sites for hydroxylation is 1. The SMILES string of the molecule is Cc1ccc(-c2nnn(CC(=O)Nc3ccc(S(=O)(=O)N(C)Cc4ccccc4)cc3)n2)cc1. The van der Waals surface area contributed by atoms with Crippen molar-refractivity contribution in [3.8, 4) is 11.4 Å². The Hall–Kier alpha value is -3.89. The molecular weight excluding hydrogens is 452 g/mol. The minimum atomic E-state index is -3.67. The van der Waals surface area contributed by atoms with Crippen molar-refractivity contribution in [1.82, 2.24) is 24.5 Å². The predicted octanol–water partition coefficient (Wildman–Crippen LogP) is 3.11. The Balaban J connectivity index is 1.37. The first kappa shape index (κ1) is 23.3. The summed E-state index contributed by atoms with van der Waals surface area (Å²) in [4.78, 5) is 13.8. The van der Waals surface area contributed by atoms with Crippen molar-refractivity contribution in [1.29, 1.82) is 0 Å². The van der Waals surface area contributed by atoms with E-state index in [1.54, 1.807) is 12.1 Å². The summed E-state index contributed by atoms with van der Waals surface area (Å²) in [6.07, 6.45) is 0. The van der Waals surface area contributed by atoms with Crippen LogP contribution in [0.5, 0.6) is 0 Å². The first-order valence-corrected chi connectivity index (χ1v) is 12.0. The first-order chi connectivity index (χ1) is 16.3. The summed E-state index contributed by atoms with van der Waals surface area (Å²) in [6.45, 7) is 2.12. The van der Waals surface area contributed by atoms with Crippen LogP contribution in [0.3, 0.4) is 0 Å². The van der Waals surface area contributed by atoms with E-state index in [1.165, 1.54) is 28.3 Å². The molecule has 4 aromatic rings. The van der Waals surface area contributed by atoms with Crippen LogP contribution >= 0.6 is 0 Å². The molecule has 0 aliphatic carbocycles. The number of carbonyl (C=O) groups excluding carboxylic acids is 1. The highest BCUT2D eigenvalue weighted by molar-refractivity contribution is 7.89. The number of anilines is 1. The van der Waals surface area contributed by atoms with E-state index in [0.717, 1.165) is 16.7 Å². The van der Waals surface area contributed by atoms with Crippen molar-refractivity contribution < 1.29 is 13.2 Å². The summed E-state index contributed by atoms with van der Waals surface area (Å²) < 4.78 is 27.0. The summed E-state index contributed by atoms with van der Waals surface area (Å²) in [6, 6.07) is 23.1. The van der Waals surface area contributed by atoms with Gasteiger partial charge in [-0.2, -0.15) is 9.10 Å². The lowest BCUT2D eigenvalue weighted by atomic mass is 10.1. The van der Waals surface area contributed by atoms with Gasteiger partial charge in [0.15, 0.2) is 0 Å². The molecule has 0 aliphatic heterocycles. The Morgan fingerprint density at radius 1 is 0.971 bits per heavy atom. The van der Waals surface area contributed by atoms with Crippen molar-refractivity contribution in [3.05, 3.63) is 90.0 Å². The molecule has 174 valence electrons. The number of rotatable bonds is 8. The molecule has 4 rings (SSSR count). The molecule has 0 atom stereocenters. The third-order valence-corrected chi connectivity index (χ3v) is 6.96. The number of amides is 1. The molecule has 1 aromatic heterocycles. The van der Waals surface area contributed by atoms with Crippen LogP contribution in [-0.2, 0) is 27.9 Å². The molecule has 0 fully saturated rings. The number of benzene rings is 3. The lowest BCUT2D eigenvalue weighted by Gasteiger charge is -2.17. The Morgan fingerprint density at radius 3 is 2.32 bits per heavy atom. The summed E-state index contributed by atoms with van der Waals surface area (Å²) in [5, 5.41) is 14.9. The molecule has 0 saturated carbocycles. The summed E-state index contributed by atoms with van der Waals surface area (Å²) in [5.74, 6) is 0.0756. The molecule has 0 radical (unpaired) electrons. The monoisotopic (exact) mass is 476 g/mol. The van der Waals surface area contributed by atoms with Crippen molar-refractivity contribution in [2.45, 2.75) is 24.9 Å². The number of hydrogen-bond donors (Lipinski definition) is 1. The number of carbonyl (C=O) groups is 1. The van der Waals surface area contributed by atoms with E-state index in [0.29, 0.717) is 11.5 Å². The lowest BCUT2D eigenvalue weighted by molar-refractivity contribution is -0.117. The third kappa shape index (κ3) is 5.53. The Morgan fingerprint density at radius 2 is 1.65 bits per heavy atom. The highest BCUT2D eigenvalue weighted by Crippen LogP contribution is 2.19. The van der Waals surface area contributed by atoms with Crippen LogP contribution in [-0.4, -0.2) is 45.9 Å². The van der Waals surface area contributed by atoms with Crippen LogP contribution in [0.2, 0.25) is 0 Å². The van der Waals surface area contributed by atoms with Gasteiger partial charge >= 0.3 is 0 Å². The quantitative estimate of drug-likeness (QED) is 0.418. The normalized spacial score (nSPS) is 11.5. The van der Waals surface area contributed by atoms with E-state index >= 15 is 0 Å². The molecule has 3 aromatic carbocycles. The zero-order valence-electron chi connectivity index (χ0n) is 18.8. The van der Waals surface area contributed by atoms with Gasteiger partial charge in [-0.15, -0.1) is 10.2 Å². The van der Waals surface area contributed by atoms with Gasteiger partial charge in [0.1, 0.15) is 6.54 Å². The minimum Gasteiger partial charge on any atom is -0.324 e. The molecule has 10 heteroatoms. The van der Waals surface area contributed by atoms with E-state index in [2.05, 4.69) is 20.7 Å². The fraction of sp³-hybridized carbons (Fsp3) is 0.167. The summed E-state index contributed by atoms with van der Waals surface area (Å²) in [7, 11) is -2.13. The van der Waals surface area contributed by atoms with E-state index < -0.39 is 10.0 Å². The van der Waals surface area contributed by atoms with Gasteiger partial charge in [-0.25, -0.2) is 8.42 Å². The Labute approximate surface area is 198 Å². The zero-order valence-corrected chi connectivity index (χ0v) is 19.6. The predicted molar refractivity (Wildman–Crippen MR) is 128 cm³/mol. The lowest BCUT2D eigenvalue weighted by Crippen LogP contribution is -2.26. The standard InChI is InChI=1S/C24H24N6O3S/c1-18-8-10-20(11-9-18)24-26-28-30(27-24)17-23(31)25-21-12-14-22(15-13-21)34(32,33)29(2)16-19-6-4-3-5-7-19/h3-15H,16-17H2,1-2H3,(H,25,31). The molecule has 0 unspecified atom stereocenters. The first-order valence-electron chi connectivity index (χ1n) is 10.6. The average molecular weight is 477 g/mol. The van der Waals surface area contributed by atoms with Crippen LogP contribution in [0.25, 0.3) is 11.4 Å². The Kier molecular flexibility index (Phi) is 6.80. The van der Waals surface area contributed by atoms with Gasteiger partial charge in [0, 0.05) is 24.8 Å². The molecule has 0 spiro atoms. The van der Waals surface area contributed by atoms with Crippen LogP contribution < -0.4 is 5.32 Å². The topological polar surface area (TPSA) is 110 Å². The molecule has 0 bridgehead atoms. The number of tetrazole rings is 1. The number of sulfonamides is 1. The van der Waals surface area contributed by atoms with Gasteiger partial charge in [-0.1, -0.05) is 60.2 Å². The number of nitrogens with one attached hydrogen (secondary N) is 1. The van der Waals surface area contributed by atoms with Gasteiger partial charge in [0.25, 0.3) is 0 Å². The van der Waals surface area contributed by atoms with Gasteiger partial charge < -0.3 is 5.32 Å². The fourth-order valence-corrected chi connectivity index (χ4v) is 4.43. The fourth-order valence-electron chi connectivity index (χ4n) is 3.27. The van der Waals surface area contributed by atoms with E-state index in [4.69, 9.17) is 0 Å². The second-order valence-electron chi connectivity index (χ2n) is 7.83. The second kappa shape index (κ2) is 9.94. The molecule has 9 nitrogen and oxygen atoms in total. The highest BCUT2D eigenvalue weighted by atomic mass is 32.2. The van der Waals surface area contributed by atoms with Gasteiger partial charge in [-0.05, 0) is 42.0 Å². The van der Waals surface area contributed by atoms with E-state index in [9.17, 15) is 13.2 Å². The van der Waals surface area contributed by atoms with Gasteiger partial charge in [0.2, 0.25) is 21.8 Å². The molecule has 1 heterocycles. The molecule has 1 amide bonds. The molecular formula is C24H24N6O3S. The van der Waals surface area contributed by atoms with Crippen molar-refractivity contribution in [3.63, 3.8) is 0 Å². The van der Waals surface area contributed by atoms with Crippen molar-refractivity contribution in [2.75, 3.05) is 12.4 Å². The van der Waals surface area contributed by atoms with Crippen LogP contribution in [0.15, 0.2) is 83.8 Å². The number of hydrogen-bond acceptors (Lipinski definition) is 6. The summed E-state index contributed by atoms with van der Waals surface area (Å²) in [5.41, 5.74) is 3.29. The smallest absolute Gasteiger partial charge is 0.248 e. The van der Waals surface area contributed by atoms with Gasteiger partial charge in [-0.3, -0.25) is 4.79 Å². The maximum Gasteiger partial charge on any atom is 0.248 e. The van der Waals surface area contributed by atoms with Crippen LogP contribution in [0, 0.1) is 6.92 Å². The van der Waals surface area contributed by atoms with Crippen LogP contribution in [0.1, 0.15) is 11.1 Å². The minimum absolute atomic E-state index is 0.126. The largest absolute Gasteiger partial charge is 0.324 e. The number of nitrogens with zero attached hydrogens (tertiary/aromatic N) is 5. The van der Waals surface area contributed by atoms with Crippen molar-refractivity contribution in [2.24, 2.45) is 0 Å².